The van der Waals surface area contributed by atoms with Crippen LogP contribution in [0.4, 0.5) is 23.0 Å². The van der Waals surface area contributed by atoms with Gasteiger partial charge in [0.2, 0.25) is 0 Å². The smallest absolute Gasteiger partial charge is 0.159 e. The number of anilines is 4. The third-order valence-electron chi connectivity index (χ3n) is 3.87. The molecule has 6 heteroatoms. The van der Waals surface area contributed by atoms with Gasteiger partial charge in [-0.2, -0.15) is 0 Å². The average molecular weight is 335 g/mol. The predicted molar refractivity (Wildman–Crippen MR) is 101 cm³/mol. The van der Waals surface area contributed by atoms with Crippen molar-refractivity contribution in [2.45, 2.75) is 13.0 Å². The first-order chi connectivity index (χ1) is 12.2. The molecule has 0 aliphatic carbocycles. The predicted octanol–water partition coefficient (Wildman–Crippen LogP) is 3.98. The van der Waals surface area contributed by atoms with E-state index in [-0.39, 0.29) is 6.04 Å². The molecule has 0 bridgehead atoms. The van der Waals surface area contributed by atoms with E-state index < -0.39 is 0 Å². The van der Waals surface area contributed by atoms with Gasteiger partial charge in [0.05, 0.1) is 13.2 Å². The van der Waals surface area contributed by atoms with Crippen molar-refractivity contribution in [2.24, 2.45) is 0 Å². The van der Waals surface area contributed by atoms with Gasteiger partial charge in [0, 0.05) is 11.8 Å². The van der Waals surface area contributed by atoms with E-state index in [4.69, 9.17) is 10.5 Å². The van der Waals surface area contributed by atoms with Crippen LogP contribution in [0.25, 0.3) is 0 Å². The molecule has 1 atom stereocenters. The molecule has 0 fully saturated rings. The first-order valence-electron chi connectivity index (χ1n) is 8.00. The van der Waals surface area contributed by atoms with E-state index in [0.717, 1.165) is 17.0 Å². The van der Waals surface area contributed by atoms with Gasteiger partial charge in [-0.1, -0.05) is 36.4 Å². The van der Waals surface area contributed by atoms with Crippen LogP contribution in [0.1, 0.15) is 18.5 Å². The van der Waals surface area contributed by atoms with Gasteiger partial charge in [0.25, 0.3) is 0 Å². The first-order valence-corrected chi connectivity index (χ1v) is 8.00. The van der Waals surface area contributed by atoms with Crippen LogP contribution in [-0.2, 0) is 0 Å². The summed E-state index contributed by atoms with van der Waals surface area (Å²) in [5, 5.41) is 6.54. The fraction of sp³-hybridized carbons (Fsp3) is 0.158. The van der Waals surface area contributed by atoms with E-state index >= 15 is 0 Å². The third-order valence-corrected chi connectivity index (χ3v) is 3.87. The summed E-state index contributed by atoms with van der Waals surface area (Å²) in [6.45, 7) is 2.06. The number of hydrogen-bond acceptors (Lipinski definition) is 6. The summed E-state index contributed by atoms with van der Waals surface area (Å²) in [5.74, 6) is 1.90. The number of nitrogens with zero attached hydrogens (tertiary/aromatic N) is 2. The van der Waals surface area contributed by atoms with Crippen LogP contribution in [0, 0.1) is 0 Å². The Morgan fingerprint density at radius 1 is 1.00 bits per heavy atom. The summed E-state index contributed by atoms with van der Waals surface area (Å²) >= 11 is 0. The first kappa shape index (κ1) is 16.6. The number of nitrogens with two attached hydrogens (primary N) is 1. The maximum atomic E-state index is 6.25. The second kappa shape index (κ2) is 7.53. The van der Waals surface area contributed by atoms with Crippen molar-refractivity contribution in [2.75, 3.05) is 23.5 Å². The minimum absolute atomic E-state index is 0.0723. The standard InChI is InChI=1S/C19H21N5O/c1-13(14-7-4-3-5-8-14)23-18-17(20)19(22-12-21-18)24-15-9-6-10-16(11-15)25-2/h3-13H,20H2,1-2H3,(H2,21,22,23,24). The monoisotopic (exact) mass is 335 g/mol. The molecule has 0 saturated heterocycles. The van der Waals surface area contributed by atoms with E-state index in [2.05, 4.69) is 39.7 Å². The molecule has 25 heavy (non-hydrogen) atoms. The van der Waals surface area contributed by atoms with Crippen molar-refractivity contribution in [3.05, 3.63) is 66.5 Å². The highest BCUT2D eigenvalue weighted by atomic mass is 16.5. The SMILES string of the molecule is COc1cccc(Nc2ncnc(NC(C)c3ccccc3)c2N)c1. The Labute approximate surface area is 147 Å². The molecule has 0 spiro atoms. The fourth-order valence-electron chi connectivity index (χ4n) is 2.48. The molecular weight excluding hydrogens is 314 g/mol. The van der Waals surface area contributed by atoms with Gasteiger partial charge in [-0.3, -0.25) is 0 Å². The molecule has 3 aromatic rings. The molecule has 0 amide bonds. The van der Waals surface area contributed by atoms with Crippen molar-refractivity contribution in [3.8, 4) is 5.75 Å². The summed E-state index contributed by atoms with van der Waals surface area (Å²) in [6.07, 6.45) is 1.49. The van der Waals surface area contributed by atoms with Crippen molar-refractivity contribution >= 4 is 23.0 Å². The van der Waals surface area contributed by atoms with Gasteiger partial charge in [0.1, 0.15) is 17.8 Å². The van der Waals surface area contributed by atoms with Gasteiger partial charge in [0.15, 0.2) is 11.6 Å². The summed E-state index contributed by atoms with van der Waals surface area (Å²) in [4.78, 5) is 8.51. The van der Waals surface area contributed by atoms with Crippen molar-refractivity contribution in [1.29, 1.82) is 0 Å². The van der Waals surface area contributed by atoms with Gasteiger partial charge in [-0.25, -0.2) is 9.97 Å². The topological polar surface area (TPSA) is 85.1 Å². The van der Waals surface area contributed by atoms with Crippen LogP contribution in [0.2, 0.25) is 0 Å². The van der Waals surface area contributed by atoms with Gasteiger partial charge in [-0.05, 0) is 24.6 Å². The Bertz CT molecular complexity index is 838. The Hall–Kier alpha value is -3.28. The zero-order valence-electron chi connectivity index (χ0n) is 14.2. The number of benzene rings is 2. The Morgan fingerprint density at radius 2 is 1.76 bits per heavy atom. The molecule has 6 nitrogen and oxygen atoms in total. The normalized spacial score (nSPS) is 11.6. The number of hydrogen-bond donors (Lipinski definition) is 3. The lowest BCUT2D eigenvalue weighted by atomic mass is 10.1. The fourth-order valence-corrected chi connectivity index (χ4v) is 2.48. The number of nitrogen functional groups attached to an aromatic ring is 1. The van der Waals surface area contributed by atoms with Crippen molar-refractivity contribution in [1.82, 2.24) is 9.97 Å². The van der Waals surface area contributed by atoms with Crippen LogP contribution in [0.15, 0.2) is 60.9 Å². The zero-order valence-corrected chi connectivity index (χ0v) is 14.2. The minimum Gasteiger partial charge on any atom is -0.497 e. The molecule has 1 aromatic heterocycles. The van der Waals surface area contributed by atoms with E-state index in [1.54, 1.807) is 7.11 Å². The van der Waals surface area contributed by atoms with E-state index in [0.29, 0.717) is 17.3 Å². The highest BCUT2D eigenvalue weighted by Gasteiger charge is 2.12. The third kappa shape index (κ3) is 3.98. The Kier molecular flexibility index (Phi) is 4.99. The molecule has 0 aliphatic rings. The molecule has 3 rings (SSSR count). The second-order valence-electron chi connectivity index (χ2n) is 5.62. The molecule has 0 radical (unpaired) electrons. The van der Waals surface area contributed by atoms with Crippen molar-refractivity contribution < 1.29 is 4.74 Å². The van der Waals surface area contributed by atoms with Crippen LogP contribution in [0.5, 0.6) is 5.75 Å². The maximum absolute atomic E-state index is 6.25. The van der Waals surface area contributed by atoms with Gasteiger partial charge < -0.3 is 21.1 Å². The molecule has 1 unspecified atom stereocenters. The lowest BCUT2D eigenvalue weighted by Gasteiger charge is -2.17. The minimum atomic E-state index is 0.0723. The van der Waals surface area contributed by atoms with Crippen LogP contribution < -0.4 is 21.1 Å². The highest BCUT2D eigenvalue weighted by Crippen LogP contribution is 2.29. The highest BCUT2D eigenvalue weighted by molar-refractivity contribution is 5.78. The van der Waals surface area contributed by atoms with E-state index in [9.17, 15) is 0 Å². The summed E-state index contributed by atoms with van der Waals surface area (Å²) in [6, 6.07) is 17.8. The lowest BCUT2D eigenvalue weighted by Crippen LogP contribution is -2.11. The molecule has 2 aromatic carbocycles. The molecule has 0 saturated carbocycles. The van der Waals surface area contributed by atoms with Crippen LogP contribution in [-0.4, -0.2) is 17.1 Å². The zero-order chi connectivity index (χ0) is 17.6. The Balaban J connectivity index is 1.80. The van der Waals surface area contributed by atoms with E-state index in [1.165, 1.54) is 6.33 Å². The molecule has 1 heterocycles. The maximum Gasteiger partial charge on any atom is 0.159 e. The number of rotatable bonds is 6. The Morgan fingerprint density at radius 3 is 2.52 bits per heavy atom. The summed E-state index contributed by atoms with van der Waals surface area (Å²) in [5.41, 5.74) is 8.71. The number of aromatic nitrogens is 2. The number of ether oxygens (including phenoxy) is 1. The second-order valence-corrected chi connectivity index (χ2v) is 5.62. The quantitative estimate of drug-likeness (QED) is 0.632. The molecular formula is C19H21N5O. The van der Waals surface area contributed by atoms with Crippen LogP contribution in [0.3, 0.4) is 0 Å². The average Bonchev–Trinajstić information content (AvgIpc) is 2.66. The number of methoxy groups -OCH3 is 1. The summed E-state index contributed by atoms with van der Waals surface area (Å²) in [7, 11) is 1.63. The molecule has 4 N–H and O–H groups in total. The van der Waals surface area contributed by atoms with E-state index in [1.807, 2.05) is 42.5 Å². The van der Waals surface area contributed by atoms with Crippen LogP contribution >= 0.6 is 0 Å². The van der Waals surface area contributed by atoms with Gasteiger partial charge in [-0.15, -0.1) is 0 Å². The summed E-state index contributed by atoms with van der Waals surface area (Å²) < 4.78 is 5.23. The molecule has 128 valence electrons. The van der Waals surface area contributed by atoms with Crippen molar-refractivity contribution in [3.63, 3.8) is 0 Å². The molecule has 0 aliphatic heterocycles. The number of nitrogens with one attached hydrogen (secondary N) is 2. The lowest BCUT2D eigenvalue weighted by molar-refractivity contribution is 0.415. The largest absolute Gasteiger partial charge is 0.497 e. The van der Waals surface area contributed by atoms with Gasteiger partial charge >= 0.3 is 0 Å².